The summed E-state index contributed by atoms with van der Waals surface area (Å²) in [7, 11) is -3.80. The lowest BCUT2D eigenvalue weighted by Gasteiger charge is -2.12. The van der Waals surface area contributed by atoms with Crippen molar-refractivity contribution >= 4 is 33.4 Å². The molecule has 0 aliphatic carbocycles. The molecule has 0 fully saturated rings. The minimum atomic E-state index is -3.80. The zero-order chi connectivity index (χ0) is 20.9. The monoisotopic (exact) mass is 407 g/mol. The van der Waals surface area contributed by atoms with E-state index in [0.717, 1.165) is 11.1 Å². The molecule has 7 heteroatoms. The van der Waals surface area contributed by atoms with Gasteiger partial charge in [-0.25, -0.2) is 8.42 Å². The van der Waals surface area contributed by atoms with Crippen LogP contribution in [0.4, 0.5) is 11.4 Å². The summed E-state index contributed by atoms with van der Waals surface area (Å²) >= 11 is 0. The normalized spacial score (nSPS) is 11.4. The number of anilines is 2. The number of aromatic nitrogens is 1. The number of hydrogen-bond acceptors (Lipinski definition) is 4. The number of pyridine rings is 1. The van der Waals surface area contributed by atoms with E-state index in [1.165, 1.54) is 12.1 Å². The third kappa shape index (κ3) is 5.52. The van der Waals surface area contributed by atoms with Crippen molar-refractivity contribution < 1.29 is 13.2 Å². The summed E-state index contributed by atoms with van der Waals surface area (Å²) in [5.74, 6) is -0.368. The molecule has 1 amide bonds. The lowest BCUT2D eigenvalue weighted by Crippen LogP contribution is -2.15. The lowest BCUT2D eigenvalue weighted by atomic mass is 10.2. The van der Waals surface area contributed by atoms with Crippen LogP contribution in [0.15, 0.2) is 78.0 Å². The summed E-state index contributed by atoms with van der Waals surface area (Å²) < 4.78 is 28.3. The molecule has 3 rings (SSSR count). The molecular weight excluding hydrogens is 386 g/mol. The first-order chi connectivity index (χ1) is 13.8. The molecule has 2 aromatic carbocycles. The molecule has 0 radical (unpaired) electrons. The predicted molar refractivity (Wildman–Crippen MR) is 115 cm³/mol. The van der Waals surface area contributed by atoms with Gasteiger partial charge in [0.05, 0.1) is 4.90 Å². The van der Waals surface area contributed by atoms with Crippen LogP contribution in [-0.4, -0.2) is 19.3 Å². The molecule has 0 saturated heterocycles. The van der Waals surface area contributed by atoms with E-state index in [4.69, 9.17) is 0 Å². The maximum absolute atomic E-state index is 12.8. The van der Waals surface area contributed by atoms with Crippen LogP contribution in [0.3, 0.4) is 0 Å². The summed E-state index contributed by atoms with van der Waals surface area (Å²) in [6.07, 6.45) is 6.29. The van der Waals surface area contributed by atoms with E-state index in [1.807, 2.05) is 19.1 Å². The second-order valence-corrected chi connectivity index (χ2v) is 8.22. The van der Waals surface area contributed by atoms with E-state index in [2.05, 4.69) is 15.0 Å². The Hall–Kier alpha value is -3.45. The molecular formula is C22H21N3O3S. The average molecular weight is 407 g/mol. The Morgan fingerprint density at radius 2 is 1.83 bits per heavy atom. The van der Waals surface area contributed by atoms with Crippen LogP contribution < -0.4 is 10.0 Å². The molecule has 6 nitrogen and oxygen atoms in total. The standard InChI is InChI=1S/C22H21N3O3S/c1-16-5-3-7-20(13-16)25-29(27,28)21-14-19(10-8-17(21)2)24-22(26)11-9-18-6-4-12-23-15-18/h3-15,25H,1-2H3,(H,24,26)/b11-9+. The van der Waals surface area contributed by atoms with Gasteiger partial charge in [0.1, 0.15) is 0 Å². The first kappa shape index (κ1) is 20.3. The van der Waals surface area contributed by atoms with Gasteiger partial charge in [-0.2, -0.15) is 0 Å². The second kappa shape index (κ2) is 8.70. The van der Waals surface area contributed by atoms with Crippen LogP contribution in [0, 0.1) is 13.8 Å². The third-order valence-corrected chi connectivity index (χ3v) is 5.65. The second-order valence-electron chi connectivity index (χ2n) is 6.56. The molecule has 1 heterocycles. The summed E-state index contributed by atoms with van der Waals surface area (Å²) in [5.41, 5.74) is 3.19. The van der Waals surface area contributed by atoms with Crippen LogP contribution in [0.1, 0.15) is 16.7 Å². The van der Waals surface area contributed by atoms with Gasteiger partial charge in [-0.15, -0.1) is 0 Å². The number of hydrogen-bond donors (Lipinski definition) is 2. The minimum absolute atomic E-state index is 0.105. The van der Waals surface area contributed by atoms with E-state index < -0.39 is 10.0 Å². The van der Waals surface area contributed by atoms with Crippen LogP contribution in [0.5, 0.6) is 0 Å². The average Bonchev–Trinajstić information content (AvgIpc) is 2.68. The first-order valence-electron chi connectivity index (χ1n) is 8.93. The molecule has 1 aromatic heterocycles. The molecule has 0 unspecified atom stereocenters. The predicted octanol–water partition coefficient (Wildman–Crippen LogP) is 4.15. The van der Waals surface area contributed by atoms with Gasteiger partial charge in [-0.05, 0) is 66.9 Å². The van der Waals surface area contributed by atoms with Crippen molar-refractivity contribution in [3.8, 4) is 0 Å². The fraction of sp³-hybridized carbons (Fsp3) is 0.0909. The number of carbonyl (C=O) groups is 1. The van der Waals surface area contributed by atoms with Crippen molar-refractivity contribution in [3.63, 3.8) is 0 Å². The molecule has 0 bridgehead atoms. The number of nitrogens with one attached hydrogen (secondary N) is 2. The van der Waals surface area contributed by atoms with Crippen LogP contribution in [0.2, 0.25) is 0 Å². The van der Waals surface area contributed by atoms with Gasteiger partial charge >= 0.3 is 0 Å². The Labute approximate surface area is 170 Å². The first-order valence-corrected chi connectivity index (χ1v) is 10.4. The highest BCUT2D eigenvalue weighted by atomic mass is 32.2. The minimum Gasteiger partial charge on any atom is -0.322 e. The number of amides is 1. The highest BCUT2D eigenvalue weighted by molar-refractivity contribution is 7.92. The van der Waals surface area contributed by atoms with Gasteiger partial charge < -0.3 is 5.32 Å². The molecule has 0 aliphatic heterocycles. The number of carbonyl (C=O) groups excluding carboxylic acids is 1. The molecule has 0 aliphatic rings. The summed E-state index contributed by atoms with van der Waals surface area (Å²) in [5, 5.41) is 2.69. The number of aryl methyl sites for hydroxylation is 2. The van der Waals surface area contributed by atoms with Crippen molar-refractivity contribution in [2.24, 2.45) is 0 Å². The third-order valence-electron chi connectivity index (χ3n) is 4.13. The highest BCUT2D eigenvalue weighted by Gasteiger charge is 2.18. The Morgan fingerprint density at radius 1 is 1.00 bits per heavy atom. The summed E-state index contributed by atoms with van der Waals surface area (Å²) in [6, 6.07) is 15.5. The molecule has 0 spiro atoms. The molecule has 0 saturated carbocycles. The summed E-state index contributed by atoms with van der Waals surface area (Å²) in [4.78, 5) is 16.3. The SMILES string of the molecule is Cc1cccc(NS(=O)(=O)c2cc(NC(=O)/C=C/c3cccnc3)ccc2C)c1. The van der Waals surface area contributed by atoms with Crippen LogP contribution in [-0.2, 0) is 14.8 Å². The van der Waals surface area contributed by atoms with Gasteiger partial charge in [0.15, 0.2) is 0 Å². The fourth-order valence-corrected chi connectivity index (χ4v) is 4.04. The maximum atomic E-state index is 12.8. The Morgan fingerprint density at radius 3 is 2.55 bits per heavy atom. The Kier molecular flexibility index (Phi) is 6.09. The maximum Gasteiger partial charge on any atom is 0.262 e. The summed E-state index contributed by atoms with van der Waals surface area (Å²) in [6.45, 7) is 3.59. The van der Waals surface area contributed by atoms with Crippen molar-refractivity contribution in [1.82, 2.24) is 4.98 Å². The van der Waals surface area contributed by atoms with Crippen molar-refractivity contribution in [2.45, 2.75) is 18.7 Å². The topological polar surface area (TPSA) is 88.2 Å². The van der Waals surface area contributed by atoms with Gasteiger partial charge in [-0.3, -0.25) is 14.5 Å². The van der Waals surface area contributed by atoms with Crippen molar-refractivity contribution in [2.75, 3.05) is 10.0 Å². The van der Waals surface area contributed by atoms with Gasteiger partial charge in [0, 0.05) is 29.8 Å². The smallest absolute Gasteiger partial charge is 0.262 e. The van der Waals surface area contributed by atoms with E-state index >= 15 is 0 Å². The van der Waals surface area contributed by atoms with Crippen molar-refractivity contribution in [3.05, 3.63) is 89.8 Å². The number of sulfonamides is 1. The quantitative estimate of drug-likeness (QED) is 0.601. The number of nitrogens with zero attached hydrogens (tertiary/aromatic N) is 1. The molecule has 3 aromatic rings. The Balaban J connectivity index is 1.78. The van der Waals surface area contributed by atoms with Gasteiger partial charge in [0.25, 0.3) is 10.0 Å². The van der Waals surface area contributed by atoms with Crippen LogP contribution in [0.25, 0.3) is 6.08 Å². The zero-order valence-electron chi connectivity index (χ0n) is 16.1. The van der Waals surface area contributed by atoms with Gasteiger partial charge in [-0.1, -0.05) is 24.3 Å². The van der Waals surface area contributed by atoms with Gasteiger partial charge in [0.2, 0.25) is 5.91 Å². The van der Waals surface area contributed by atoms with Crippen LogP contribution >= 0.6 is 0 Å². The van der Waals surface area contributed by atoms with Crippen molar-refractivity contribution in [1.29, 1.82) is 0 Å². The number of rotatable bonds is 6. The van der Waals surface area contributed by atoms with E-state index in [-0.39, 0.29) is 10.8 Å². The van der Waals surface area contributed by atoms with E-state index in [1.54, 1.807) is 61.8 Å². The number of benzene rings is 2. The molecule has 148 valence electrons. The molecule has 2 N–H and O–H groups in total. The molecule has 0 atom stereocenters. The van der Waals surface area contributed by atoms with E-state index in [0.29, 0.717) is 16.9 Å². The highest BCUT2D eigenvalue weighted by Crippen LogP contribution is 2.23. The zero-order valence-corrected chi connectivity index (χ0v) is 16.9. The van der Waals surface area contributed by atoms with E-state index in [9.17, 15) is 13.2 Å². The largest absolute Gasteiger partial charge is 0.322 e. The molecule has 29 heavy (non-hydrogen) atoms. The lowest BCUT2D eigenvalue weighted by molar-refractivity contribution is -0.111. The Bertz CT molecular complexity index is 1160. The fourth-order valence-electron chi connectivity index (χ4n) is 2.72.